The smallest absolute Gasteiger partial charge is 0.325 e. The molecular formula is C18H21N5O2. The van der Waals surface area contributed by atoms with Crippen LogP contribution in [0, 0.1) is 19.3 Å². The molecule has 0 radical (unpaired) electrons. The third kappa shape index (κ3) is 5.79. The number of hydrogen-bond donors (Lipinski definition) is 2. The Morgan fingerprint density at radius 1 is 1.28 bits per heavy atom. The van der Waals surface area contributed by atoms with E-state index < -0.39 is 6.03 Å². The lowest BCUT2D eigenvalue weighted by Crippen LogP contribution is -2.22. The number of benzene rings is 1. The molecule has 130 valence electrons. The number of rotatable bonds is 6. The number of hydrogen-bond acceptors (Lipinski definition) is 5. The fourth-order valence-electron chi connectivity index (χ4n) is 1.91. The van der Waals surface area contributed by atoms with Crippen LogP contribution in [0.15, 0.2) is 30.6 Å². The van der Waals surface area contributed by atoms with Gasteiger partial charge in [-0.2, -0.15) is 0 Å². The van der Waals surface area contributed by atoms with Gasteiger partial charge in [0.05, 0.1) is 23.8 Å². The SMILES string of the molecule is C#Cc1ccc(OCCN(C)C)c(NC(=O)Nc2cnc(C)cn2)c1. The minimum atomic E-state index is -0.454. The summed E-state index contributed by atoms with van der Waals surface area (Å²) in [7, 11) is 3.92. The fraction of sp³-hybridized carbons (Fsp3) is 0.278. The molecule has 0 unspecified atom stereocenters. The number of urea groups is 1. The van der Waals surface area contributed by atoms with Gasteiger partial charge in [0.25, 0.3) is 0 Å². The van der Waals surface area contributed by atoms with E-state index in [1.165, 1.54) is 6.20 Å². The van der Waals surface area contributed by atoms with Gasteiger partial charge < -0.3 is 15.0 Å². The summed E-state index contributed by atoms with van der Waals surface area (Å²) in [6.07, 6.45) is 8.49. The zero-order valence-electron chi connectivity index (χ0n) is 14.5. The molecule has 0 aliphatic carbocycles. The van der Waals surface area contributed by atoms with E-state index in [0.29, 0.717) is 29.4 Å². The van der Waals surface area contributed by atoms with Crippen LogP contribution >= 0.6 is 0 Å². The van der Waals surface area contributed by atoms with Crippen LogP contribution in [0.1, 0.15) is 11.3 Å². The molecule has 1 aromatic carbocycles. The van der Waals surface area contributed by atoms with Crippen LogP contribution in [-0.2, 0) is 0 Å². The second-order valence-corrected chi connectivity index (χ2v) is 5.63. The Morgan fingerprint density at radius 2 is 2.08 bits per heavy atom. The topological polar surface area (TPSA) is 79.4 Å². The van der Waals surface area contributed by atoms with Gasteiger partial charge in [-0.1, -0.05) is 5.92 Å². The molecule has 2 amide bonds. The fourth-order valence-corrected chi connectivity index (χ4v) is 1.91. The van der Waals surface area contributed by atoms with E-state index in [0.717, 1.165) is 12.2 Å². The Labute approximate surface area is 147 Å². The molecule has 2 N–H and O–H groups in total. The van der Waals surface area contributed by atoms with Crippen molar-refractivity contribution < 1.29 is 9.53 Å². The Kier molecular flexibility index (Phi) is 6.32. The molecule has 2 aromatic rings. The first-order chi connectivity index (χ1) is 12.0. The van der Waals surface area contributed by atoms with E-state index in [1.807, 2.05) is 25.9 Å². The quantitative estimate of drug-likeness (QED) is 0.790. The summed E-state index contributed by atoms with van der Waals surface area (Å²) in [5, 5.41) is 5.35. The predicted octanol–water partition coefficient (Wildman–Crippen LogP) is 2.35. The molecule has 0 saturated carbocycles. The number of carbonyl (C=O) groups excluding carboxylic acids is 1. The molecule has 7 heteroatoms. The number of amides is 2. The summed E-state index contributed by atoms with van der Waals surface area (Å²) in [6.45, 7) is 3.06. The Bertz CT molecular complexity index is 766. The Hall–Kier alpha value is -3.11. The van der Waals surface area contributed by atoms with E-state index in [4.69, 9.17) is 11.2 Å². The lowest BCUT2D eigenvalue weighted by atomic mass is 10.2. The highest BCUT2D eigenvalue weighted by molar-refractivity contribution is 6.00. The van der Waals surface area contributed by atoms with Crippen molar-refractivity contribution >= 4 is 17.5 Å². The number of anilines is 2. The summed E-state index contributed by atoms with van der Waals surface area (Å²) in [6, 6.07) is 4.74. The van der Waals surface area contributed by atoms with Crippen molar-refractivity contribution in [2.45, 2.75) is 6.92 Å². The van der Waals surface area contributed by atoms with Crippen molar-refractivity contribution in [2.24, 2.45) is 0 Å². The van der Waals surface area contributed by atoms with Crippen LogP contribution in [0.3, 0.4) is 0 Å². The average molecular weight is 339 g/mol. The number of nitrogens with one attached hydrogen (secondary N) is 2. The zero-order valence-corrected chi connectivity index (χ0v) is 14.5. The van der Waals surface area contributed by atoms with Gasteiger partial charge in [0.15, 0.2) is 5.82 Å². The maximum Gasteiger partial charge on any atom is 0.325 e. The number of terminal acetylenes is 1. The summed E-state index contributed by atoms with van der Waals surface area (Å²) < 4.78 is 5.73. The lowest BCUT2D eigenvalue weighted by molar-refractivity contribution is 0.258. The van der Waals surface area contributed by atoms with Crippen molar-refractivity contribution in [3.63, 3.8) is 0 Å². The molecule has 0 fully saturated rings. The molecule has 0 saturated heterocycles. The number of aromatic nitrogens is 2. The summed E-state index contributed by atoms with van der Waals surface area (Å²) in [5.41, 5.74) is 1.90. The first kappa shape index (κ1) is 18.2. The van der Waals surface area contributed by atoms with E-state index >= 15 is 0 Å². The molecule has 0 bridgehead atoms. The zero-order chi connectivity index (χ0) is 18.2. The predicted molar refractivity (Wildman–Crippen MR) is 97.8 cm³/mol. The number of aryl methyl sites for hydroxylation is 1. The molecule has 25 heavy (non-hydrogen) atoms. The van der Waals surface area contributed by atoms with Crippen molar-refractivity contribution in [1.82, 2.24) is 14.9 Å². The van der Waals surface area contributed by atoms with Gasteiger partial charge in [0.1, 0.15) is 12.4 Å². The van der Waals surface area contributed by atoms with E-state index in [2.05, 4.69) is 26.5 Å². The van der Waals surface area contributed by atoms with Crippen LogP contribution in [0.25, 0.3) is 0 Å². The molecule has 0 aliphatic rings. The largest absolute Gasteiger partial charge is 0.490 e. The lowest BCUT2D eigenvalue weighted by Gasteiger charge is -2.15. The van der Waals surface area contributed by atoms with E-state index in [9.17, 15) is 4.79 Å². The van der Waals surface area contributed by atoms with Gasteiger partial charge in [-0.3, -0.25) is 10.3 Å². The molecular weight excluding hydrogens is 318 g/mol. The van der Waals surface area contributed by atoms with Gasteiger partial charge in [-0.05, 0) is 39.2 Å². The second-order valence-electron chi connectivity index (χ2n) is 5.63. The van der Waals surface area contributed by atoms with Crippen LogP contribution in [0.4, 0.5) is 16.3 Å². The van der Waals surface area contributed by atoms with Crippen molar-refractivity contribution in [1.29, 1.82) is 0 Å². The second kappa shape index (κ2) is 8.66. The average Bonchev–Trinajstić information content (AvgIpc) is 2.58. The third-order valence-corrected chi connectivity index (χ3v) is 3.21. The van der Waals surface area contributed by atoms with Crippen LogP contribution in [0.2, 0.25) is 0 Å². The van der Waals surface area contributed by atoms with Gasteiger partial charge in [-0.15, -0.1) is 6.42 Å². The normalized spacial score (nSPS) is 10.2. The molecule has 7 nitrogen and oxygen atoms in total. The number of ether oxygens (including phenoxy) is 1. The number of likely N-dealkylation sites (N-methyl/N-ethyl adjacent to an activating group) is 1. The maximum absolute atomic E-state index is 12.2. The first-order valence-corrected chi connectivity index (χ1v) is 7.73. The first-order valence-electron chi connectivity index (χ1n) is 7.73. The maximum atomic E-state index is 12.2. The van der Waals surface area contributed by atoms with E-state index in [1.54, 1.807) is 24.4 Å². The monoisotopic (exact) mass is 339 g/mol. The van der Waals surface area contributed by atoms with Crippen molar-refractivity contribution in [3.05, 3.63) is 41.9 Å². The highest BCUT2D eigenvalue weighted by atomic mass is 16.5. The minimum absolute atomic E-state index is 0.353. The van der Waals surface area contributed by atoms with Gasteiger partial charge in [0.2, 0.25) is 0 Å². The van der Waals surface area contributed by atoms with Crippen LogP contribution in [0.5, 0.6) is 5.75 Å². The van der Waals surface area contributed by atoms with Crippen LogP contribution in [-0.4, -0.2) is 48.1 Å². The number of nitrogens with zero attached hydrogens (tertiary/aromatic N) is 3. The highest BCUT2D eigenvalue weighted by Gasteiger charge is 2.10. The molecule has 1 heterocycles. The summed E-state index contributed by atoms with van der Waals surface area (Å²) in [4.78, 5) is 22.4. The van der Waals surface area contributed by atoms with Gasteiger partial charge in [-0.25, -0.2) is 9.78 Å². The minimum Gasteiger partial charge on any atom is -0.490 e. The molecule has 0 spiro atoms. The van der Waals surface area contributed by atoms with Gasteiger partial charge in [0, 0.05) is 12.1 Å². The molecule has 1 aromatic heterocycles. The molecule has 2 rings (SSSR count). The summed E-state index contributed by atoms with van der Waals surface area (Å²) >= 11 is 0. The molecule has 0 aliphatic heterocycles. The standard InChI is InChI=1S/C18H21N5O2/c1-5-14-6-7-16(25-9-8-23(3)4)15(10-14)21-18(24)22-17-12-19-13(2)11-20-17/h1,6-7,10-12H,8-9H2,2-4H3,(H2,20,21,22,24). The van der Waals surface area contributed by atoms with Crippen LogP contribution < -0.4 is 15.4 Å². The van der Waals surface area contributed by atoms with E-state index in [-0.39, 0.29) is 0 Å². The molecule has 0 atom stereocenters. The highest BCUT2D eigenvalue weighted by Crippen LogP contribution is 2.26. The number of carbonyl (C=O) groups is 1. The summed E-state index contributed by atoms with van der Waals surface area (Å²) in [5.74, 6) is 3.44. The third-order valence-electron chi connectivity index (χ3n) is 3.21. The van der Waals surface area contributed by atoms with Gasteiger partial charge >= 0.3 is 6.03 Å². The Balaban J connectivity index is 2.08. The Morgan fingerprint density at radius 3 is 2.72 bits per heavy atom. The van der Waals surface area contributed by atoms with Crippen molar-refractivity contribution in [2.75, 3.05) is 37.9 Å². The van der Waals surface area contributed by atoms with Crippen molar-refractivity contribution in [3.8, 4) is 18.1 Å².